The van der Waals surface area contributed by atoms with Gasteiger partial charge in [0, 0.05) is 6.04 Å². The highest BCUT2D eigenvalue weighted by molar-refractivity contribution is 5.86. The molecule has 1 saturated carbocycles. The highest BCUT2D eigenvalue weighted by atomic mass is 16.5. The minimum absolute atomic E-state index is 0.329. The first kappa shape index (κ1) is 15.6. The lowest BCUT2D eigenvalue weighted by atomic mass is 9.89. The van der Waals surface area contributed by atoms with Crippen LogP contribution in [0.4, 0.5) is 0 Å². The molecule has 1 fully saturated rings. The van der Waals surface area contributed by atoms with Gasteiger partial charge in [-0.2, -0.15) is 0 Å². The first-order valence-corrected chi connectivity index (χ1v) is 7.31. The van der Waals surface area contributed by atoms with Crippen molar-refractivity contribution >= 4 is 5.91 Å². The van der Waals surface area contributed by atoms with Gasteiger partial charge in [-0.15, -0.1) is 0 Å². The van der Waals surface area contributed by atoms with Crippen molar-refractivity contribution in [2.45, 2.75) is 44.2 Å². The zero-order valence-corrected chi connectivity index (χ0v) is 12.9. The smallest absolute Gasteiger partial charge is 0.242 e. The van der Waals surface area contributed by atoms with Gasteiger partial charge < -0.3 is 15.2 Å². The number of nitrogens with one attached hydrogen (secondary N) is 1. The third-order valence-corrected chi connectivity index (χ3v) is 4.30. The number of carbonyl (C=O) groups excluding carboxylic acids is 1. The first-order chi connectivity index (χ1) is 10.0. The number of primary amides is 1. The van der Waals surface area contributed by atoms with Crippen LogP contribution in [0, 0.1) is 0 Å². The van der Waals surface area contributed by atoms with Crippen LogP contribution in [-0.4, -0.2) is 26.2 Å². The molecule has 1 aliphatic carbocycles. The molecule has 1 aromatic rings. The van der Waals surface area contributed by atoms with Gasteiger partial charge in [-0.25, -0.2) is 0 Å². The lowest BCUT2D eigenvalue weighted by Crippen LogP contribution is -2.53. The van der Waals surface area contributed by atoms with E-state index in [-0.39, 0.29) is 5.91 Å². The topological polar surface area (TPSA) is 73.6 Å². The van der Waals surface area contributed by atoms with E-state index in [1.165, 1.54) is 12.8 Å². The number of amides is 1. The van der Waals surface area contributed by atoms with Crippen molar-refractivity contribution in [3.05, 3.63) is 23.8 Å². The lowest BCUT2D eigenvalue weighted by molar-refractivity contribution is -0.124. The number of carbonyl (C=O) groups is 1. The molecular formula is C16H24N2O3. The second kappa shape index (κ2) is 6.35. The van der Waals surface area contributed by atoms with Crippen molar-refractivity contribution < 1.29 is 14.3 Å². The fraction of sp³-hybridized carbons (Fsp3) is 0.562. The number of benzene rings is 1. The Labute approximate surface area is 125 Å². The lowest BCUT2D eigenvalue weighted by Gasteiger charge is -2.32. The van der Waals surface area contributed by atoms with E-state index in [4.69, 9.17) is 15.2 Å². The van der Waals surface area contributed by atoms with Gasteiger partial charge in [0.05, 0.1) is 14.2 Å². The zero-order valence-electron chi connectivity index (χ0n) is 12.9. The summed E-state index contributed by atoms with van der Waals surface area (Å²) in [6.45, 7) is 1.83. The molecule has 0 spiro atoms. The summed E-state index contributed by atoms with van der Waals surface area (Å²) in [5, 5.41) is 3.43. The Hall–Kier alpha value is -1.75. The molecule has 0 saturated heterocycles. The van der Waals surface area contributed by atoms with Crippen LogP contribution < -0.4 is 20.5 Å². The van der Waals surface area contributed by atoms with Crippen LogP contribution in [0.15, 0.2) is 18.2 Å². The maximum Gasteiger partial charge on any atom is 0.242 e. The normalized spacial score (nSPS) is 18.2. The highest BCUT2D eigenvalue weighted by Crippen LogP contribution is 2.33. The maximum absolute atomic E-state index is 12.1. The molecule has 5 nitrogen and oxygen atoms in total. The summed E-state index contributed by atoms with van der Waals surface area (Å²) in [5.41, 5.74) is 5.55. The Balaban J connectivity index is 2.34. The van der Waals surface area contributed by atoms with Crippen LogP contribution in [0.5, 0.6) is 11.5 Å². The summed E-state index contributed by atoms with van der Waals surface area (Å²) in [6.07, 6.45) is 4.54. The van der Waals surface area contributed by atoms with Crippen LogP contribution >= 0.6 is 0 Å². The van der Waals surface area contributed by atoms with Crippen LogP contribution in [0.1, 0.15) is 38.2 Å². The van der Waals surface area contributed by atoms with Gasteiger partial charge >= 0.3 is 0 Å². The van der Waals surface area contributed by atoms with Crippen LogP contribution in [0.2, 0.25) is 0 Å². The van der Waals surface area contributed by atoms with Crippen LogP contribution in [0.3, 0.4) is 0 Å². The van der Waals surface area contributed by atoms with E-state index in [2.05, 4.69) is 5.32 Å². The molecule has 0 heterocycles. The molecule has 21 heavy (non-hydrogen) atoms. The van der Waals surface area contributed by atoms with Crippen molar-refractivity contribution in [1.29, 1.82) is 0 Å². The van der Waals surface area contributed by atoms with Gasteiger partial charge in [-0.3, -0.25) is 10.1 Å². The van der Waals surface area contributed by atoms with Crippen LogP contribution in [-0.2, 0) is 10.3 Å². The second-order valence-corrected chi connectivity index (χ2v) is 5.68. The third-order valence-electron chi connectivity index (χ3n) is 4.30. The molecule has 1 atom stereocenters. The van der Waals surface area contributed by atoms with E-state index in [9.17, 15) is 4.79 Å². The molecule has 3 N–H and O–H groups in total. The molecule has 1 aromatic carbocycles. The predicted molar refractivity (Wildman–Crippen MR) is 81.5 cm³/mol. The van der Waals surface area contributed by atoms with E-state index >= 15 is 0 Å². The van der Waals surface area contributed by atoms with Crippen LogP contribution in [0.25, 0.3) is 0 Å². The monoisotopic (exact) mass is 292 g/mol. The number of methoxy groups -OCH3 is 2. The molecule has 116 valence electrons. The second-order valence-electron chi connectivity index (χ2n) is 5.68. The molecule has 0 radical (unpaired) electrons. The van der Waals surface area contributed by atoms with E-state index in [1.54, 1.807) is 20.3 Å². The van der Waals surface area contributed by atoms with E-state index in [1.807, 2.05) is 19.1 Å². The minimum atomic E-state index is -0.908. The summed E-state index contributed by atoms with van der Waals surface area (Å²) in [4.78, 5) is 12.1. The number of rotatable bonds is 6. The zero-order chi connectivity index (χ0) is 15.5. The third kappa shape index (κ3) is 3.13. The molecule has 2 rings (SSSR count). The van der Waals surface area contributed by atoms with E-state index < -0.39 is 5.54 Å². The summed E-state index contributed by atoms with van der Waals surface area (Å²) < 4.78 is 10.6. The van der Waals surface area contributed by atoms with Gasteiger partial charge in [0.2, 0.25) is 5.91 Å². The van der Waals surface area contributed by atoms with E-state index in [0.29, 0.717) is 17.5 Å². The van der Waals surface area contributed by atoms with E-state index in [0.717, 1.165) is 18.4 Å². The van der Waals surface area contributed by atoms with Gasteiger partial charge in [-0.1, -0.05) is 18.9 Å². The Bertz CT molecular complexity index is 512. The van der Waals surface area contributed by atoms with Crippen molar-refractivity contribution in [1.82, 2.24) is 5.32 Å². The fourth-order valence-electron chi connectivity index (χ4n) is 2.92. The Morgan fingerprint density at radius 3 is 2.38 bits per heavy atom. The Kier molecular flexibility index (Phi) is 4.73. The van der Waals surface area contributed by atoms with Crippen molar-refractivity contribution in [2.75, 3.05) is 14.2 Å². The van der Waals surface area contributed by atoms with Crippen molar-refractivity contribution in [2.24, 2.45) is 5.73 Å². The Morgan fingerprint density at radius 2 is 1.86 bits per heavy atom. The highest BCUT2D eigenvalue weighted by Gasteiger charge is 2.36. The molecular weight excluding hydrogens is 268 g/mol. The summed E-state index contributed by atoms with van der Waals surface area (Å²) in [5.74, 6) is 0.839. The average Bonchev–Trinajstić information content (AvgIpc) is 2.98. The number of hydrogen-bond acceptors (Lipinski definition) is 4. The number of ether oxygens (including phenoxy) is 2. The fourth-order valence-corrected chi connectivity index (χ4v) is 2.92. The maximum atomic E-state index is 12.1. The molecule has 1 unspecified atom stereocenters. The molecule has 1 aliphatic rings. The molecule has 0 bridgehead atoms. The number of hydrogen-bond donors (Lipinski definition) is 2. The molecule has 1 amide bonds. The molecule has 0 aromatic heterocycles. The first-order valence-electron chi connectivity index (χ1n) is 7.31. The average molecular weight is 292 g/mol. The molecule has 5 heteroatoms. The van der Waals surface area contributed by atoms with Gasteiger partial charge in [0.15, 0.2) is 11.5 Å². The van der Waals surface area contributed by atoms with Gasteiger partial charge in [0.25, 0.3) is 0 Å². The van der Waals surface area contributed by atoms with Gasteiger partial charge in [-0.05, 0) is 37.5 Å². The largest absolute Gasteiger partial charge is 0.493 e. The summed E-state index contributed by atoms with van der Waals surface area (Å²) in [7, 11) is 3.16. The quantitative estimate of drug-likeness (QED) is 0.840. The van der Waals surface area contributed by atoms with Crippen molar-refractivity contribution in [3.8, 4) is 11.5 Å². The summed E-state index contributed by atoms with van der Waals surface area (Å²) >= 11 is 0. The molecule has 0 aliphatic heterocycles. The van der Waals surface area contributed by atoms with Crippen molar-refractivity contribution in [3.63, 3.8) is 0 Å². The SMILES string of the molecule is COc1ccc(C(C)(NC2CCCC2)C(N)=O)cc1OC. The Morgan fingerprint density at radius 1 is 1.24 bits per heavy atom. The minimum Gasteiger partial charge on any atom is -0.493 e. The standard InChI is InChI=1S/C16H24N2O3/c1-16(15(17)19,18-12-6-4-5-7-12)11-8-9-13(20-2)14(10-11)21-3/h8-10,12,18H,4-7H2,1-3H3,(H2,17,19). The summed E-state index contributed by atoms with van der Waals surface area (Å²) in [6, 6.07) is 5.79. The number of nitrogens with two attached hydrogens (primary N) is 1. The van der Waals surface area contributed by atoms with Gasteiger partial charge in [0.1, 0.15) is 5.54 Å². The predicted octanol–water partition coefficient (Wildman–Crippen LogP) is 1.94.